The summed E-state index contributed by atoms with van der Waals surface area (Å²) in [5.74, 6) is 2.57. The number of nitrogens with zero attached hydrogens (tertiary/aromatic N) is 4. The predicted molar refractivity (Wildman–Crippen MR) is 104 cm³/mol. The first-order valence-electron chi connectivity index (χ1n) is 11.1. The fourth-order valence-corrected chi connectivity index (χ4v) is 6.50. The molecule has 1 amide bonds. The average Bonchev–Trinajstić information content (AvgIpc) is 3.05. The van der Waals surface area contributed by atoms with Crippen molar-refractivity contribution in [2.75, 3.05) is 31.1 Å². The van der Waals surface area contributed by atoms with E-state index in [4.69, 9.17) is 4.52 Å². The van der Waals surface area contributed by atoms with Crippen molar-refractivity contribution >= 4 is 11.9 Å². The van der Waals surface area contributed by atoms with Crippen LogP contribution in [0.2, 0.25) is 0 Å². The molecule has 0 unspecified atom stereocenters. The van der Waals surface area contributed by atoms with E-state index in [1.54, 1.807) is 0 Å². The van der Waals surface area contributed by atoms with Crippen LogP contribution in [0.4, 0.5) is 6.01 Å². The number of fused-ring (bicyclic) bond motifs is 1. The first-order valence-corrected chi connectivity index (χ1v) is 11.1. The van der Waals surface area contributed by atoms with E-state index < -0.39 is 0 Å². The van der Waals surface area contributed by atoms with E-state index in [1.807, 2.05) is 6.92 Å². The molecule has 1 aromatic rings. The summed E-state index contributed by atoms with van der Waals surface area (Å²) in [5.41, 5.74) is 0.536. The number of aromatic nitrogens is 2. The fraction of sp³-hybridized carbons (Fsp3) is 0.857. The molecule has 0 radical (unpaired) electrons. The van der Waals surface area contributed by atoms with Gasteiger partial charge in [-0.15, -0.1) is 0 Å². The summed E-state index contributed by atoms with van der Waals surface area (Å²) in [5, 5.41) is 7.26. The van der Waals surface area contributed by atoms with Crippen LogP contribution in [-0.4, -0.2) is 58.7 Å². The lowest BCUT2D eigenvalue weighted by Crippen LogP contribution is -2.54. The number of hydrogen-bond acceptors (Lipinski definition) is 6. The first kappa shape index (κ1) is 17.2. The number of anilines is 1. The van der Waals surface area contributed by atoms with Gasteiger partial charge in [-0.1, -0.05) is 5.16 Å². The number of amides is 1. The molecular weight excluding hydrogens is 354 g/mol. The molecule has 3 saturated carbocycles. The molecule has 2 aliphatic heterocycles. The van der Waals surface area contributed by atoms with Crippen LogP contribution in [0.1, 0.15) is 51.3 Å². The zero-order chi connectivity index (χ0) is 19.1. The third kappa shape index (κ3) is 2.61. The number of carbonyl (C=O) groups excluding carboxylic acids is 1. The van der Waals surface area contributed by atoms with Gasteiger partial charge in [0.15, 0.2) is 5.82 Å². The summed E-state index contributed by atoms with van der Waals surface area (Å²) in [4.78, 5) is 21.9. The molecule has 1 spiro atoms. The van der Waals surface area contributed by atoms with Gasteiger partial charge in [-0.25, -0.2) is 0 Å². The molecule has 5 fully saturated rings. The van der Waals surface area contributed by atoms with Crippen molar-refractivity contribution in [3.8, 4) is 0 Å². The zero-order valence-corrected chi connectivity index (χ0v) is 17.0. The van der Waals surface area contributed by atoms with E-state index in [0.29, 0.717) is 47.0 Å². The second-order valence-electron chi connectivity index (χ2n) is 10.6. The Morgan fingerprint density at radius 1 is 1.21 bits per heavy atom. The first-order chi connectivity index (χ1) is 13.4. The van der Waals surface area contributed by atoms with Gasteiger partial charge < -0.3 is 14.7 Å². The van der Waals surface area contributed by atoms with Gasteiger partial charge in [0, 0.05) is 43.7 Å². The van der Waals surface area contributed by atoms with Crippen LogP contribution in [0.15, 0.2) is 4.52 Å². The average molecular weight is 386 g/mol. The minimum absolute atomic E-state index is 0.0965. The number of likely N-dealkylation sites (tertiary alicyclic amines) is 1. The highest BCUT2D eigenvalue weighted by atomic mass is 16.5. The van der Waals surface area contributed by atoms with E-state index in [-0.39, 0.29) is 5.54 Å². The lowest BCUT2D eigenvalue weighted by atomic mass is 9.64. The molecule has 0 aromatic carbocycles. The Labute approximate surface area is 166 Å². The summed E-state index contributed by atoms with van der Waals surface area (Å²) in [6.07, 6.45) is 7.36. The highest BCUT2D eigenvalue weighted by Crippen LogP contribution is 2.57. The van der Waals surface area contributed by atoms with Crippen LogP contribution in [0.3, 0.4) is 0 Å². The number of aryl methyl sites for hydroxylation is 1. The highest BCUT2D eigenvalue weighted by Gasteiger charge is 2.62. The van der Waals surface area contributed by atoms with E-state index in [2.05, 4.69) is 32.2 Å². The molecule has 5 aliphatic rings. The lowest BCUT2D eigenvalue weighted by molar-refractivity contribution is -0.126. The van der Waals surface area contributed by atoms with Crippen LogP contribution in [0.25, 0.3) is 0 Å². The van der Waals surface area contributed by atoms with Crippen molar-refractivity contribution in [1.29, 1.82) is 0 Å². The van der Waals surface area contributed by atoms with Crippen LogP contribution in [0.5, 0.6) is 0 Å². The normalized spacial score (nSPS) is 40.9. The van der Waals surface area contributed by atoms with Crippen molar-refractivity contribution in [3.63, 3.8) is 0 Å². The monoisotopic (exact) mass is 385 g/mol. The van der Waals surface area contributed by atoms with E-state index in [1.165, 1.54) is 25.7 Å². The number of piperidine rings is 1. The predicted octanol–water partition coefficient (Wildman–Crippen LogP) is 1.97. The van der Waals surface area contributed by atoms with Gasteiger partial charge in [0.2, 0.25) is 5.91 Å². The topological polar surface area (TPSA) is 74.5 Å². The Balaban J connectivity index is 0.991. The molecule has 1 N–H and O–H groups in total. The van der Waals surface area contributed by atoms with Gasteiger partial charge in [-0.2, -0.15) is 4.98 Å². The second-order valence-corrected chi connectivity index (χ2v) is 10.6. The molecule has 3 atom stereocenters. The van der Waals surface area contributed by atoms with Crippen LogP contribution >= 0.6 is 0 Å². The maximum Gasteiger partial charge on any atom is 0.324 e. The Kier molecular flexibility index (Phi) is 3.52. The lowest BCUT2D eigenvalue weighted by Gasteiger charge is -2.49. The quantitative estimate of drug-likeness (QED) is 0.854. The highest BCUT2D eigenvalue weighted by molar-refractivity contribution is 5.83. The smallest absolute Gasteiger partial charge is 0.324 e. The summed E-state index contributed by atoms with van der Waals surface area (Å²) in [6.45, 7) is 8.42. The molecule has 3 heterocycles. The van der Waals surface area contributed by atoms with Crippen LogP contribution in [0, 0.1) is 30.1 Å². The standard InChI is InChI=1S/C21H31N5O2/c1-13-22-19(28-24-13)25-7-6-21(12-25)8-14(9-21)26-10-15-16(11-26)17(15)18(27)23-20(2)4-3-5-20/h14-17H,3-12H2,1-2H3,(H,23,27)/t14?,15-,16+,17+,21?. The molecular formula is C21H31N5O2. The summed E-state index contributed by atoms with van der Waals surface area (Å²) < 4.78 is 5.35. The van der Waals surface area contributed by atoms with Crippen molar-refractivity contribution < 1.29 is 9.32 Å². The number of rotatable bonds is 4. The summed E-state index contributed by atoms with van der Waals surface area (Å²) in [6, 6.07) is 1.40. The van der Waals surface area contributed by atoms with Crippen molar-refractivity contribution in [1.82, 2.24) is 20.4 Å². The molecule has 7 heteroatoms. The SMILES string of the molecule is Cc1noc(N2CCC3(CC(N4C[C@@H]5[C@H](C4)[C@H]5C(=O)NC4(C)CCC4)C3)C2)n1. The van der Waals surface area contributed by atoms with Gasteiger partial charge in [-0.05, 0) is 69.6 Å². The van der Waals surface area contributed by atoms with E-state index in [9.17, 15) is 4.79 Å². The third-order valence-corrected chi connectivity index (χ3v) is 8.49. The van der Waals surface area contributed by atoms with Crippen LogP contribution < -0.4 is 10.2 Å². The molecule has 0 bridgehead atoms. The van der Waals surface area contributed by atoms with E-state index in [0.717, 1.165) is 39.0 Å². The molecule has 6 rings (SSSR count). The van der Waals surface area contributed by atoms with Gasteiger partial charge >= 0.3 is 6.01 Å². The number of nitrogens with one attached hydrogen (secondary N) is 1. The molecule has 7 nitrogen and oxygen atoms in total. The maximum absolute atomic E-state index is 12.6. The zero-order valence-electron chi connectivity index (χ0n) is 17.0. The number of carbonyl (C=O) groups is 1. The van der Waals surface area contributed by atoms with Crippen LogP contribution in [-0.2, 0) is 4.79 Å². The Bertz CT molecular complexity index is 784. The van der Waals surface area contributed by atoms with Crippen molar-refractivity contribution in [2.24, 2.45) is 23.2 Å². The maximum atomic E-state index is 12.6. The van der Waals surface area contributed by atoms with E-state index >= 15 is 0 Å². The van der Waals surface area contributed by atoms with Crippen molar-refractivity contribution in [3.05, 3.63) is 5.82 Å². The molecule has 152 valence electrons. The van der Waals surface area contributed by atoms with Crippen molar-refractivity contribution in [2.45, 2.75) is 64.0 Å². The molecule has 1 aromatic heterocycles. The van der Waals surface area contributed by atoms with Gasteiger partial charge in [0.05, 0.1) is 0 Å². The number of hydrogen-bond donors (Lipinski definition) is 1. The second kappa shape index (κ2) is 5.71. The largest absolute Gasteiger partial charge is 0.351 e. The Hall–Kier alpha value is -1.63. The summed E-state index contributed by atoms with van der Waals surface area (Å²) >= 11 is 0. The fourth-order valence-electron chi connectivity index (χ4n) is 6.50. The molecule has 2 saturated heterocycles. The minimum atomic E-state index is 0.0965. The third-order valence-electron chi connectivity index (χ3n) is 8.49. The Morgan fingerprint density at radius 2 is 1.96 bits per heavy atom. The summed E-state index contributed by atoms with van der Waals surface area (Å²) in [7, 11) is 0. The minimum Gasteiger partial charge on any atom is -0.351 e. The van der Waals surface area contributed by atoms with Gasteiger partial charge in [0.25, 0.3) is 0 Å². The van der Waals surface area contributed by atoms with Gasteiger partial charge in [-0.3, -0.25) is 9.69 Å². The molecule has 3 aliphatic carbocycles. The Morgan fingerprint density at radius 3 is 2.57 bits per heavy atom. The molecule has 28 heavy (non-hydrogen) atoms. The van der Waals surface area contributed by atoms with Gasteiger partial charge in [0.1, 0.15) is 0 Å².